The van der Waals surface area contributed by atoms with E-state index in [0.717, 1.165) is 10.6 Å². The zero-order valence-corrected chi connectivity index (χ0v) is 9.65. The first-order valence-electron chi connectivity index (χ1n) is 5.53. The van der Waals surface area contributed by atoms with Crippen LogP contribution in [0.1, 0.15) is 24.3 Å². The maximum Gasteiger partial charge on any atom is 0.142 e. The molecule has 0 radical (unpaired) electrons. The van der Waals surface area contributed by atoms with Crippen molar-refractivity contribution in [1.29, 1.82) is 0 Å². The third-order valence-corrected chi connectivity index (χ3v) is 4.21. The van der Waals surface area contributed by atoms with Crippen molar-refractivity contribution >= 4 is 22.4 Å². The topological polar surface area (TPSA) is 82.6 Å². The fourth-order valence-corrected chi connectivity index (χ4v) is 3.14. The van der Waals surface area contributed by atoms with E-state index >= 15 is 0 Å². The molecular weight excluding hydrogens is 226 g/mol. The number of aromatic nitrogens is 1. The summed E-state index contributed by atoms with van der Waals surface area (Å²) in [5, 5.41) is 20.1. The molecule has 2 fully saturated rings. The van der Waals surface area contributed by atoms with Gasteiger partial charge in [-0.2, -0.15) is 4.37 Å². The van der Waals surface area contributed by atoms with Gasteiger partial charge in [-0.25, -0.2) is 0 Å². The number of hydrogen-bond acceptors (Lipinski definition) is 6. The van der Waals surface area contributed by atoms with Gasteiger partial charge in [0.1, 0.15) is 10.8 Å². The van der Waals surface area contributed by atoms with Crippen molar-refractivity contribution in [1.82, 2.24) is 4.37 Å². The van der Waals surface area contributed by atoms with Gasteiger partial charge in [0.15, 0.2) is 0 Å². The Morgan fingerprint density at radius 3 is 2.44 bits per heavy atom. The maximum absolute atomic E-state index is 9.54. The summed E-state index contributed by atoms with van der Waals surface area (Å²) >= 11 is 1.37. The molecule has 1 aliphatic carbocycles. The van der Waals surface area contributed by atoms with Gasteiger partial charge in [-0.05, 0) is 30.3 Å². The Bertz CT molecular complexity index is 395. The van der Waals surface area contributed by atoms with Crippen molar-refractivity contribution in [2.75, 3.05) is 23.7 Å². The minimum Gasteiger partial charge on any atom is -0.389 e. The van der Waals surface area contributed by atoms with Crippen molar-refractivity contribution in [3.05, 3.63) is 5.56 Å². The average Bonchev–Trinajstić information content (AvgIpc) is 2.93. The molecule has 0 spiro atoms. The fourth-order valence-electron chi connectivity index (χ4n) is 2.22. The lowest BCUT2D eigenvalue weighted by Gasteiger charge is -2.16. The van der Waals surface area contributed by atoms with Crippen LogP contribution in [0.15, 0.2) is 0 Å². The summed E-state index contributed by atoms with van der Waals surface area (Å²) in [6, 6.07) is 0. The Kier molecular flexibility index (Phi) is 2.31. The van der Waals surface area contributed by atoms with Gasteiger partial charge in [0, 0.05) is 18.7 Å². The van der Waals surface area contributed by atoms with E-state index in [-0.39, 0.29) is 0 Å². The first kappa shape index (κ1) is 10.3. The number of aliphatic hydroxyl groups is 2. The number of aliphatic hydroxyl groups excluding tert-OH is 2. The van der Waals surface area contributed by atoms with Gasteiger partial charge in [0.2, 0.25) is 0 Å². The predicted molar refractivity (Wildman–Crippen MR) is 62.7 cm³/mol. The lowest BCUT2D eigenvalue weighted by molar-refractivity contribution is 0.0572. The molecule has 16 heavy (non-hydrogen) atoms. The summed E-state index contributed by atoms with van der Waals surface area (Å²) in [7, 11) is 0. The number of nitrogens with two attached hydrogens (primary N) is 1. The van der Waals surface area contributed by atoms with Gasteiger partial charge in [0.05, 0.1) is 12.2 Å². The van der Waals surface area contributed by atoms with Crippen LogP contribution in [-0.2, 0) is 0 Å². The SMILES string of the molecule is Nc1nsc(N2CC(O)C(O)C2)c1C1CC1. The van der Waals surface area contributed by atoms with Crippen LogP contribution in [0.3, 0.4) is 0 Å². The smallest absolute Gasteiger partial charge is 0.142 e. The van der Waals surface area contributed by atoms with Gasteiger partial charge >= 0.3 is 0 Å². The Morgan fingerprint density at radius 1 is 1.25 bits per heavy atom. The van der Waals surface area contributed by atoms with E-state index in [1.54, 1.807) is 0 Å². The van der Waals surface area contributed by atoms with Gasteiger partial charge in [-0.1, -0.05) is 0 Å². The molecule has 5 nitrogen and oxygen atoms in total. The van der Waals surface area contributed by atoms with Crippen molar-refractivity contribution < 1.29 is 10.2 Å². The Balaban J connectivity index is 1.89. The number of anilines is 2. The van der Waals surface area contributed by atoms with Crippen LogP contribution in [0, 0.1) is 0 Å². The molecule has 4 N–H and O–H groups in total. The monoisotopic (exact) mass is 241 g/mol. The summed E-state index contributed by atoms with van der Waals surface area (Å²) in [4.78, 5) is 2.00. The van der Waals surface area contributed by atoms with Crippen LogP contribution in [0.2, 0.25) is 0 Å². The van der Waals surface area contributed by atoms with Crippen molar-refractivity contribution in [2.24, 2.45) is 0 Å². The molecule has 88 valence electrons. The minimum absolute atomic E-state index is 0.475. The van der Waals surface area contributed by atoms with E-state index in [2.05, 4.69) is 4.37 Å². The van der Waals surface area contributed by atoms with E-state index in [9.17, 15) is 10.2 Å². The van der Waals surface area contributed by atoms with Gasteiger partial charge in [0.25, 0.3) is 0 Å². The lowest BCUT2D eigenvalue weighted by atomic mass is 10.2. The fraction of sp³-hybridized carbons (Fsp3) is 0.700. The van der Waals surface area contributed by atoms with Gasteiger partial charge in [-0.3, -0.25) is 0 Å². The minimum atomic E-state index is -0.657. The third kappa shape index (κ3) is 1.57. The molecule has 3 rings (SSSR count). The highest BCUT2D eigenvalue weighted by Crippen LogP contribution is 2.49. The van der Waals surface area contributed by atoms with E-state index in [4.69, 9.17) is 5.73 Å². The van der Waals surface area contributed by atoms with Crippen molar-refractivity contribution in [3.63, 3.8) is 0 Å². The summed E-state index contributed by atoms with van der Waals surface area (Å²) < 4.78 is 4.19. The molecule has 6 heteroatoms. The van der Waals surface area contributed by atoms with Crippen LogP contribution in [0.25, 0.3) is 0 Å². The molecule has 0 amide bonds. The second kappa shape index (κ2) is 3.58. The highest BCUT2D eigenvalue weighted by Gasteiger charge is 2.36. The maximum atomic E-state index is 9.54. The second-order valence-electron chi connectivity index (χ2n) is 4.60. The zero-order valence-electron chi connectivity index (χ0n) is 8.83. The summed E-state index contributed by atoms with van der Waals surface area (Å²) in [5.74, 6) is 1.17. The Labute approximate surface area is 97.7 Å². The predicted octanol–water partition coefficient (Wildman–Crippen LogP) is 0.144. The highest BCUT2D eigenvalue weighted by atomic mass is 32.1. The average molecular weight is 241 g/mol. The second-order valence-corrected chi connectivity index (χ2v) is 5.35. The number of nitrogens with zero attached hydrogens (tertiary/aromatic N) is 2. The molecule has 1 saturated heterocycles. The van der Waals surface area contributed by atoms with Crippen molar-refractivity contribution in [3.8, 4) is 0 Å². The number of rotatable bonds is 2. The molecule has 1 aromatic heterocycles. The first-order valence-corrected chi connectivity index (χ1v) is 6.30. The highest BCUT2D eigenvalue weighted by molar-refractivity contribution is 7.10. The summed E-state index contributed by atoms with van der Waals surface area (Å²) in [5.41, 5.74) is 7.00. The lowest BCUT2D eigenvalue weighted by Crippen LogP contribution is -2.22. The summed E-state index contributed by atoms with van der Waals surface area (Å²) in [6.45, 7) is 0.949. The standard InChI is InChI=1S/C10H15N3O2S/c11-9-8(5-1-2-5)10(16-12-9)13-3-6(14)7(15)4-13/h5-7,14-15H,1-4H2,(H2,11,12). The van der Waals surface area contributed by atoms with Gasteiger partial charge < -0.3 is 20.8 Å². The number of hydrogen-bond donors (Lipinski definition) is 3. The molecule has 2 atom stereocenters. The molecule has 2 heterocycles. The zero-order chi connectivity index (χ0) is 11.3. The van der Waals surface area contributed by atoms with E-state index < -0.39 is 12.2 Å². The number of nitrogen functional groups attached to an aromatic ring is 1. The van der Waals surface area contributed by atoms with Crippen LogP contribution in [0.5, 0.6) is 0 Å². The van der Waals surface area contributed by atoms with Crippen LogP contribution in [0.4, 0.5) is 10.8 Å². The molecule has 1 aliphatic heterocycles. The third-order valence-electron chi connectivity index (χ3n) is 3.27. The van der Waals surface area contributed by atoms with E-state index in [1.807, 2.05) is 4.90 Å². The van der Waals surface area contributed by atoms with Crippen LogP contribution >= 0.6 is 11.5 Å². The largest absolute Gasteiger partial charge is 0.389 e. The molecule has 1 saturated carbocycles. The molecule has 2 unspecified atom stereocenters. The van der Waals surface area contributed by atoms with Crippen LogP contribution < -0.4 is 10.6 Å². The van der Waals surface area contributed by atoms with E-state index in [0.29, 0.717) is 24.8 Å². The summed E-state index contributed by atoms with van der Waals surface area (Å²) in [6.07, 6.45) is 1.04. The van der Waals surface area contributed by atoms with Gasteiger partial charge in [-0.15, -0.1) is 0 Å². The van der Waals surface area contributed by atoms with Crippen LogP contribution in [-0.4, -0.2) is 39.9 Å². The molecule has 0 aromatic carbocycles. The molecule has 0 bridgehead atoms. The molecule has 1 aromatic rings. The Morgan fingerprint density at radius 2 is 1.88 bits per heavy atom. The molecular formula is C10H15N3O2S. The normalized spacial score (nSPS) is 30.0. The number of β-amino-alcohol motifs (C(OH)–C–C–N with tert-alkyl or cyclic N) is 2. The first-order chi connectivity index (χ1) is 7.66. The quantitative estimate of drug-likeness (QED) is 0.686. The Hall–Kier alpha value is -0.850. The van der Waals surface area contributed by atoms with E-state index in [1.165, 1.54) is 24.4 Å². The van der Waals surface area contributed by atoms with Crippen molar-refractivity contribution in [2.45, 2.75) is 31.0 Å². The molecule has 2 aliphatic rings.